The highest BCUT2D eigenvalue weighted by Crippen LogP contribution is 2.21. The van der Waals surface area contributed by atoms with Crippen LogP contribution in [-0.2, 0) is 13.1 Å². The van der Waals surface area contributed by atoms with Crippen LogP contribution in [0.1, 0.15) is 12.5 Å². The fourth-order valence-corrected chi connectivity index (χ4v) is 3.18. The van der Waals surface area contributed by atoms with Crippen LogP contribution in [0.3, 0.4) is 0 Å². The maximum atomic E-state index is 5.94. The Bertz CT molecular complexity index is 980. The lowest BCUT2D eigenvalue weighted by Gasteiger charge is -2.05. The van der Waals surface area contributed by atoms with Crippen molar-refractivity contribution in [3.05, 3.63) is 77.8 Å². The predicted octanol–water partition coefficient (Wildman–Crippen LogP) is 5.23. The summed E-state index contributed by atoms with van der Waals surface area (Å²) in [6.45, 7) is 3.97. The predicted molar refractivity (Wildman–Crippen MR) is 99.4 cm³/mol. The minimum absolute atomic E-state index is 0.741. The van der Waals surface area contributed by atoms with E-state index in [1.54, 1.807) is 0 Å². The van der Waals surface area contributed by atoms with Gasteiger partial charge >= 0.3 is 0 Å². The third-order valence-corrected chi connectivity index (χ3v) is 4.57. The normalized spacial score (nSPS) is 11.2. The molecule has 4 heteroatoms. The Hall–Kier alpha value is -2.52. The lowest BCUT2D eigenvalue weighted by molar-refractivity contribution is 0.792. The van der Waals surface area contributed by atoms with E-state index in [0.29, 0.717) is 0 Å². The number of halogens is 1. The fraction of sp³-hybridized carbons (Fsp3) is 0.150. The van der Waals surface area contributed by atoms with Gasteiger partial charge in [-0.15, -0.1) is 0 Å². The summed E-state index contributed by atoms with van der Waals surface area (Å²) in [4.78, 5) is 4.51. The third kappa shape index (κ3) is 2.83. The van der Waals surface area contributed by atoms with Gasteiger partial charge in [-0.1, -0.05) is 29.8 Å². The second kappa shape index (κ2) is 6.17. The third-order valence-electron chi connectivity index (χ3n) is 4.31. The van der Waals surface area contributed by atoms with Crippen LogP contribution in [0.2, 0.25) is 5.02 Å². The van der Waals surface area contributed by atoms with Crippen LogP contribution in [0.25, 0.3) is 22.2 Å². The lowest BCUT2D eigenvalue weighted by Crippen LogP contribution is -1.96. The molecule has 2 aromatic carbocycles. The van der Waals surface area contributed by atoms with Crippen LogP contribution < -0.4 is 0 Å². The first kappa shape index (κ1) is 15.0. The van der Waals surface area contributed by atoms with Gasteiger partial charge in [0.15, 0.2) is 0 Å². The molecule has 0 aliphatic heterocycles. The van der Waals surface area contributed by atoms with Crippen LogP contribution in [0.5, 0.6) is 0 Å². The number of benzene rings is 2. The van der Waals surface area contributed by atoms with E-state index in [2.05, 4.69) is 57.7 Å². The molecule has 0 radical (unpaired) electrons. The molecule has 2 aromatic heterocycles. The van der Waals surface area contributed by atoms with E-state index < -0.39 is 0 Å². The van der Waals surface area contributed by atoms with E-state index in [9.17, 15) is 0 Å². The summed E-state index contributed by atoms with van der Waals surface area (Å²) >= 11 is 5.94. The van der Waals surface area contributed by atoms with E-state index >= 15 is 0 Å². The van der Waals surface area contributed by atoms with Gasteiger partial charge in [0.2, 0.25) is 0 Å². The average molecular weight is 336 g/mol. The van der Waals surface area contributed by atoms with E-state index in [4.69, 9.17) is 11.6 Å². The summed E-state index contributed by atoms with van der Waals surface area (Å²) in [7, 11) is 0. The van der Waals surface area contributed by atoms with Crippen LogP contribution in [0.15, 0.2) is 67.3 Å². The first-order valence-corrected chi connectivity index (χ1v) is 8.46. The highest BCUT2D eigenvalue weighted by atomic mass is 35.5. The van der Waals surface area contributed by atoms with Crippen molar-refractivity contribution in [3.8, 4) is 11.3 Å². The number of nitrogens with zero attached hydrogens (tertiary/aromatic N) is 3. The highest BCUT2D eigenvalue weighted by molar-refractivity contribution is 6.30. The van der Waals surface area contributed by atoms with Crippen molar-refractivity contribution in [2.24, 2.45) is 0 Å². The molecular formula is C20H18ClN3. The SMILES string of the molecule is CCn1ccc2cc(Cn3cnc(-c4ccc(Cl)cc4)c3)ccc21. The fourth-order valence-electron chi connectivity index (χ4n) is 3.05. The van der Waals surface area contributed by atoms with Crippen LogP contribution in [0, 0.1) is 0 Å². The molecule has 0 fully saturated rings. The van der Waals surface area contributed by atoms with Gasteiger partial charge in [-0.05, 0) is 48.2 Å². The molecule has 0 aliphatic carbocycles. The zero-order valence-electron chi connectivity index (χ0n) is 13.5. The second-order valence-corrected chi connectivity index (χ2v) is 6.37. The first-order chi connectivity index (χ1) is 11.7. The Morgan fingerprint density at radius 2 is 1.88 bits per heavy atom. The molecule has 2 heterocycles. The van der Waals surface area contributed by atoms with Crippen molar-refractivity contribution in [2.45, 2.75) is 20.0 Å². The molecule has 120 valence electrons. The molecule has 4 aromatic rings. The topological polar surface area (TPSA) is 22.8 Å². The molecule has 0 unspecified atom stereocenters. The van der Waals surface area contributed by atoms with Crippen molar-refractivity contribution in [3.63, 3.8) is 0 Å². The van der Waals surface area contributed by atoms with Crippen LogP contribution in [0.4, 0.5) is 0 Å². The largest absolute Gasteiger partial charge is 0.348 e. The number of imidazole rings is 1. The molecule has 0 spiro atoms. The molecule has 3 nitrogen and oxygen atoms in total. The van der Waals surface area contributed by atoms with Crippen molar-refractivity contribution in [2.75, 3.05) is 0 Å². The summed E-state index contributed by atoms with van der Waals surface area (Å²) in [5, 5.41) is 2.03. The number of rotatable bonds is 4. The Morgan fingerprint density at radius 3 is 2.67 bits per heavy atom. The molecule has 4 rings (SSSR count). The van der Waals surface area contributed by atoms with E-state index in [1.807, 2.05) is 30.6 Å². The molecule has 24 heavy (non-hydrogen) atoms. The molecule has 0 aliphatic rings. The quantitative estimate of drug-likeness (QED) is 0.501. The van der Waals surface area contributed by atoms with Gasteiger partial charge in [-0.2, -0.15) is 0 Å². The first-order valence-electron chi connectivity index (χ1n) is 8.08. The number of hydrogen-bond acceptors (Lipinski definition) is 1. The summed E-state index contributed by atoms with van der Waals surface area (Å²) in [5.41, 5.74) is 4.60. The van der Waals surface area contributed by atoms with E-state index in [-0.39, 0.29) is 0 Å². The van der Waals surface area contributed by atoms with Crippen molar-refractivity contribution in [1.82, 2.24) is 14.1 Å². The number of aromatic nitrogens is 3. The summed E-state index contributed by atoms with van der Waals surface area (Å²) in [6, 6.07) is 16.6. The molecule has 0 amide bonds. The van der Waals surface area contributed by atoms with Crippen LogP contribution in [-0.4, -0.2) is 14.1 Å². The minimum Gasteiger partial charge on any atom is -0.348 e. The van der Waals surface area contributed by atoms with E-state index in [1.165, 1.54) is 16.5 Å². The summed E-state index contributed by atoms with van der Waals surface area (Å²) in [5.74, 6) is 0. The van der Waals surface area contributed by atoms with Gasteiger partial charge in [-0.3, -0.25) is 0 Å². The molecule has 0 atom stereocenters. The molecule has 0 saturated heterocycles. The standard InChI is InChI=1S/C20H18ClN3/c1-2-24-10-9-17-11-15(3-8-20(17)24)12-23-13-19(22-14-23)16-4-6-18(21)7-5-16/h3-11,13-14H,2,12H2,1H3. The lowest BCUT2D eigenvalue weighted by atomic mass is 10.1. The maximum absolute atomic E-state index is 5.94. The molecule has 0 N–H and O–H groups in total. The molecule has 0 bridgehead atoms. The Balaban J connectivity index is 1.58. The van der Waals surface area contributed by atoms with Gasteiger partial charge in [-0.25, -0.2) is 4.98 Å². The van der Waals surface area contributed by atoms with Crippen molar-refractivity contribution < 1.29 is 0 Å². The van der Waals surface area contributed by atoms with Crippen LogP contribution >= 0.6 is 11.6 Å². The van der Waals surface area contributed by atoms with E-state index in [0.717, 1.165) is 29.4 Å². The molecular weight excluding hydrogens is 318 g/mol. The molecule has 0 saturated carbocycles. The van der Waals surface area contributed by atoms with Crippen molar-refractivity contribution >= 4 is 22.5 Å². The monoisotopic (exact) mass is 335 g/mol. The van der Waals surface area contributed by atoms with Gasteiger partial charge in [0.1, 0.15) is 0 Å². The Kier molecular flexibility index (Phi) is 3.87. The van der Waals surface area contributed by atoms with Gasteiger partial charge in [0.05, 0.1) is 12.0 Å². The minimum atomic E-state index is 0.741. The summed E-state index contributed by atoms with van der Waals surface area (Å²) in [6.07, 6.45) is 6.10. The highest BCUT2D eigenvalue weighted by Gasteiger charge is 2.05. The van der Waals surface area contributed by atoms with Gasteiger partial charge < -0.3 is 9.13 Å². The van der Waals surface area contributed by atoms with Gasteiger partial charge in [0, 0.05) is 41.6 Å². The van der Waals surface area contributed by atoms with Gasteiger partial charge in [0.25, 0.3) is 0 Å². The number of hydrogen-bond donors (Lipinski definition) is 0. The Morgan fingerprint density at radius 1 is 1.04 bits per heavy atom. The zero-order valence-corrected chi connectivity index (χ0v) is 14.2. The van der Waals surface area contributed by atoms with Crippen molar-refractivity contribution in [1.29, 1.82) is 0 Å². The number of aryl methyl sites for hydroxylation is 1. The average Bonchev–Trinajstić information content (AvgIpc) is 3.22. The second-order valence-electron chi connectivity index (χ2n) is 5.93. The smallest absolute Gasteiger partial charge is 0.0956 e. The maximum Gasteiger partial charge on any atom is 0.0956 e. The zero-order chi connectivity index (χ0) is 16.5. The summed E-state index contributed by atoms with van der Waals surface area (Å²) < 4.78 is 4.37. The number of fused-ring (bicyclic) bond motifs is 1. The Labute approximate surface area is 146 Å².